The summed E-state index contributed by atoms with van der Waals surface area (Å²) in [6.07, 6.45) is 1.72. The Kier molecular flexibility index (Phi) is 5.22. The molecule has 0 amide bonds. The van der Waals surface area contributed by atoms with Crippen molar-refractivity contribution >= 4 is 27.7 Å². The summed E-state index contributed by atoms with van der Waals surface area (Å²) < 4.78 is 19.3. The highest BCUT2D eigenvalue weighted by atomic mass is 79.9. The predicted molar refractivity (Wildman–Crippen MR) is 86.6 cm³/mol. The molecule has 0 unspecified atom stereocenters. The van der Waals surface area contributed by atoms with Crippen molar-refractivity contribution in [2.24, 2.45) is 0 Å². The van der Waals surface area contributed by atoms with Crippen molar-refractivity contribution in [3.63, 3.8) is 0 Å². The van der Waals surface area contributed by atoms with Gasteiger partial charge in [0.25, 0.3) is 0 Å². The van der Waals surface area contributed by atoms with Crippen LogP contribution in [0.1, 0.15) is 5.56 Å². The fourth-order valence-corrected chi connectivity index (χ4v) is 3.64. The predicted octanol–water partition coefficient (Wildman–Crippen LogP) is 2.75. The third-order valence-corrected chi connectivity index (χ3v) is 4.95. The van der Waals surface area contributed by atoms with E-state index < -0.39 is 0 Å². The molecule has 0 atom stereocenters. The van der Waals surface area contributed by atoms with Crippen molar-refractivity contribution in [1.82, 2.24) is 14.8 Å². The maximum atomic E-state index is 5.63. The van der Waals surface area contributed by atoms with Gasteiger partial charge in [-0.3, -0.25) is 0 Å². The van der Waals surface area contributed by atoms with Crippen molar-refractivity contribution in [2.45, 2.75) is 17.5 Å². The lowest BCUT2D eigenvalue weighted by Crippen LogP contribution is -2.15. The summed E-state index contributed by atoms with van der Waals surface area (Å²) in [5.41, 5.74) is 1.13. The van der Waals surface area contributed by atoms with E-state index in [-0.39, 0.29) is 0 Å². The number of benzene rings is 1. The Morgan fingerprint density at radius 1 is 1.32 bits per heavy atom. The number of aromatic nitrogens is 3. The molecule has 1 aromatic carbocycles. The van der Waals surface area contributed by atoms with Gasteiger partial charge < -0.3 is 18.8 Å². The van der Waals surface area contributed by atoms with Crippen molar-refractivity contribution in [1.29, 1.82) is 0 Å². The molecule has 0 N–H and O–H groups in total. The van der Waals surface area contributed by atoms with Gasteiger partial charge in [0, 0.05) is 23.9 Å². The lowest BCUT2D eigenvalue weighted by molar-refractivity contribution is 0.171. The van der Waals surface area contributed by atoms with Crippen LogP contribution in [0.5, 0.6) is 11.5 Å². The van der Waals surface area contributed by atoms with Gasteiger partial charge >= 0.3 is 0 Å². The molecule has 0 saturated heterocycles. The van der Waals surface area contributed by atoms with E-state index in [0.29, 0.717) is 19.8 Å². The van der Waals surface area contributed by atoms with E-state index >= 15 is 0 Å². The number of thioether (sulfide) groups is 1. The van der Waals surface area contributed by atoms with Gasteiger partial charge in [-0.1, -0.05) is 27.7 Å². The van der Waals surface area contributed by atoms with Crippen LogP contribution in [0.25, 0.3) is 0 Å². The topological polar surface area (TPSA) is 58.4 Å². The second kappa shape index (κ2) is 7.34. The third kappa shape index (κ3) is 3.56. The normalized spacial score (nSPS) is 13.4. The Balaban J connectivity index is 1.70. The fourth-order valence-electron chi connectivity index (χ4n) is 2.06. The van der Waals surface area contributed by atoms with Gasteiger partial charge in [0.2, 0.25) is 0 Å². The van der Waals surface area contributed by atoms with Crippen LogP contribution in [-0.2, 0) is 17.0 Å². The molecule has 0 radical (unpaired) electrons. The molecule has 1 aromatic heterocycles. The van der Waals surface area contributed by atoms with E-state index in [9.17, 15) is 0 Å². The Morgan fingerprint density at radius 2 is 2.09 bits per heavy atom. The highest BCUT2D eigenvalue weighted by Gasteiger charge is 2.15. The van der Waals surface area contributed by atoms with Crippen LogP contribution in [0.15, 0.2) is 28.1 Å². The van der Waals surface area contributed by atoms with Crippen molar-refractivity contribution < 1.29 is 14.2 Å². The molecule has 2 aromatic rings. The van der Waals surface area contributed by atoms with Crippen LogP contribution in [0.3, 0.4) is 0 Å². The van der Waals surface area contributed by atoms with Gasteiger partial charge in [-0.15, -0.1) is 10.2 Å². The number of hydrogen-bond donors (Lipinski definition) is 0. The maximum Gasteiger partial charge on any atom is 0.191 e. The largest absolute Gasteiger partial charge is 0.486 e. The zero-order valence-electron chi connectivity index (χ0n) is 12.1. The molecular formula is C14H16BrN3O3S. The van der Waals surface area contributed by atoms with E-state index in [1.807, 2.05) is 16.7 Å². The SMILES string of the molecule is COCCn1cnnc1SCc1cc2c(cc1Br)OCCO2. The first-order valence-corrected chi connectivity index (χ1v) is 8.63. The van der Waals surface area contributed by atoms with Crippen LogP contribution in [0, 0.1) is 0 Å². The molecule has 0 aliphatic carbocycles. The second-order valence-electron chi connectivity index (χ2n) is 4.68. The average Bonchev–Trinajstić information content (AvgIpc) is 2.98. The van der Waals surface area contributed by atoms with E-state index in [2.05, 4.69) is 26.1 Å². The highest BCUT2D eigenvalue weighted by Crippen LogP contribution is 2.37. The first kappa shape index (κ1) is 15.6. The molecular weight excluding hydrogens is 370 g/mol. The number of nitrogens with zero attached hydrogens (tertiary/aromatic N) is 3. The molecule has 2 heterocycles. The molecule has 1 aliphatic rings. The molecule has 1 aliphatic heterocycles. The number of methoxy groups -OCH3 is 1. The van der Waals surface area contributed by atoms with Gasteiger partial charge in [-0.05, 0) is 17.7 Å². The number of hydrogen-bond acceptors (Lipinski definition) is 6. The summed E-state index contributed by atoms with van der Waals surface area (Å²) in [4.78, 5) is 0. The number of halogens is 1. The van der Waals surface area contributed by atoms with E-state index in [1.54, 1.807) is 25.2 Å². The fraction of sp³-hybridized carbons (Fsp3) is 0.429. The van der Waals surface area contributed by atoms with Crippen LogP contribution < -0.4 is 9.47 Å². The third-order valence-electron chi connectivity index (χ3n) is 3.18. The maximum absolute atomic E-state index is 5.63. The summed E-state index contributed by atoms with van der Waals surface area (Å²) in [5, 5.41) is 8.98. The average molecular weight is 386 g/mol. The minimum Gasteiger partial charge on any atom is -0.486 e. The van der Waals surface area contributed by atoms with Crippen LogP contribution in [-0.4, -0.2) is 41.7 Å². The van der Waals surface area contributed by atoms with Crippen LogP contribution in [0.2, 0.25) is 0 Å². The van der Waals surface area contributed by atoms with Crippen molar-refractivity contribution in [3.05, 3.63) is 28.5 Å². The summed E-state index contributed by atoms with van der Waals surface area (Å²) in [7, 11) is 1.68. The molecule has 6 nitrogen and oxygen atoms in total. The Hall–Kier alpha value is -1.25. The van der Waals surface area contributed by atoms with Crippen molar-refractivity contribution in [2.75, 3.05) is 26.9 Å². The molecule has 22 heavy (non-hydrogen) atoms. The van der Waals surface area contributed by atoms with E-state index in [0.717, 1.165) is 39.0 Å². The molecule has 0 fully saturated rings. The van der Waals surface area contributed by atoms with Gasteiger partial charge in [0.15, 0.2) is 16.7 Å². The van der Waals surface area contributed by atoms with Gasteiger partial charge in [-0.25, -0.2) is 0 Å². The first-order chi connectivity index (χ1) is 10.8. The number of rotatable bonds is 6. The Morgan fingerprint density at radius 3 is 2.86 bits per heavy atom. The van der Waals surface area contributed by atoms with Gasteiger partial charge in [0.05, 0.1) is 6.61 Å². The summed E-state index contributed by atoms with van der Waals surface area (Å²) in [5.74, 6) is 2.35. The molecule has 0 bridgehead atoms. The van der Waals surface area contributed by atoms with Gasteiger partial charge in [0.1, 0.15) is 19.5 Å². The molecule has 8 heteroatoms. The molecule has 0 spiro atoms. The van der Waals surface area contributed by atoms with E-state index in [4.69, 9.17) is 14.2 Å². The minimum atomic E-state index is 0.590. The quantitative estimate of drug-likeness (QED) is 0.712. The zero-order valence-corrected chi connectivity index (χ0v) is 14.5. The lowest BCUT2D eigenvalue weighted by atomic mass is 10.2. The second-order valence-corrected chi connectivity index (χ2v) is 6.47. The van der Waals surface area contributed by atoms with Crippen LogP contribution in [0.4, 0.5) is 0 Å². The molecule has 3 rings (SSSR count). The standard InChI is InChI=1S/C14H16BrN3O3S/c1-19-3-2-18-9-16-17-14(18)22-8-10-6-12-13(7-11(10)15)21-5-4-20-12/h6-7,9H,2-5,8H2,1H3. The van der Waals surface area contributed by atoms with Crippen molar-refractivity contribution in [3.8, 4) is 11.5 Å². The monoisotopic (exact) mass is 385 g/mol. The molecule has 0 saturated carbocycles. The summed E-state index contributed by atoms with van der Waals surface area (Å²) in [6.45, 7) is 2.57. The van der Waals surface area contributed by atoms with E-state index in [1.165, 1.54) is 0 Å². The minimum absolute atomic E-state index is 0.590. The highest BCUT2D eigenvalue weighted by molar-refractivity contribution is 9.10. The first-order valence-electron chi connectivity index (χ1n) is 6.85. The van der Waals surface area contributed by atoms with Gasteiger partial charge in [-0.2, -0.15) is 0 Å². The van der Waals surface area contributed by atoms with Crippen LogP contribution >= 0.6 is 27.7 Å². The lowest BCUT2D eigenvalue weighted by Gasteiger charge is -2.19. The molecule has 118 valence electrons. The Labute approximate surface area is 141 Å². The number of ether oxygens (including phenoxy) is 3. The smallest absolute Gasteiger partial charge is 0.191 e. The number of fused-ring (bicyclic) bond motifs is 1. The summed E-state index contributed by atoms with van der Waals surface area (Å²) in [6, 6.07) is 3.97. The zero-order chi connectivity index (χ0) is 15.4. The summed E-state index contributed by atoms with van der Waals surface area (Å²) >= 11 is 5.22. The Bertz CT molecular complexity index is 650.